The van der Waals surface area contributed by atoms with E-state index >= 15 is 0 Å². The maximum atomic E-state index is 14.6. The molecule has 0 aliphatic carbocycles. The molecule has 3 aliphatic rings. The van der Waals surface area contributed by atoms with Crippen LogP contribution in [0.2, 0.25) is 28.2 Å². The molecule has 0 aromatic heterocycles. The fourth-order valence-electron chi connectivity index (χ4n) is 6.79. The zero-order valence-electron chi connectivity index (χ0n) is 29.4. The molecule has 0 bridgehead atoms. The summed E-state index contributed by atoms with van der Waals surface area (Å²) in [6, 6.07) is 14.8. The lowest BCUT2D eigenvalue weighted by atomic mass is 9.81. The van der Waals surface area contributed by atoms with Crippen molar-refractivity contribution in [1.29, 1.82) is 0 Å². The van der Waals surface area contributed by atoms with Gasteiger partial charge in [0.1, 0.15) is 10.4 Å². The molecule has 1 N–H and O–H groups in total. The number of likely N-dealkylation sites (tertiary alicyclic amines) is 1. The minimum Gasteiger partial charge on any atom is -0.465 e. The number of amides is 2. The largest absolute Gasteiger partial charge is 0.465 e. The molecule has 2 aromatic carbocycles. The van der Waals surface area contributed by atoms with Crippen molar-refractivity contribution in [2.24, 2.45) is 10.9 Å². The highest BCUT2D eigenvalue weighted by Crippen LogP contribution is 2.56. The van der Waals surface area contributed by atoms with Crippen molar-refractivity contribution in [3.63, 3.8) is 0 Å². The summed E-state index contributed by atoms with van der Waals surface area (Å²) in [4.78, 5) is 38.6. The van der Waals surface area contributed by atoms with Crippen LogP contribution in [0.15, 0.2) is 64.1 Å². The summed E-state index contributed by atoms with van der Waals surface area (Å²) >= 11 is 14.0. The fraction of sp³-hybridized carbons (Fsp3) is 0.528. The smallest absolute Gasteiger partial charge is 0.407 e. The summed E-state index contributed by atoms with van der Waals surface area (Å²) in [6.07, 6.45) is -0.452. The molecule has 1 fully saturated rings. The molecule has 3 heterocycles. The lowest BCUT2D eigenvalue weighted by Crippen LogP contribution is -2.45. The van der Waals surface area contributed by atoms with Gasteiger partial charge in [0, 0.05) is 28.8 Å². The number of carboxylic acid groups (broad SMARTS) is 1. The van der Waals surface area contributed by atoms with Crippen LogP contribution in [-0.2, 0) is 14.8 Å². The molecule has 0 radical (unpaired) electrons. The topological polar surface area (TPSA) is 85.7 Å². The number of carbonyl (C=O) groups excluding carboxylic acids is 1. The maximum absolute atomic E-state index is 14.6. The zero-order valence-corrected chi connectivity index (χ0v) is 32.7. The number of hydrogen-bond acceptors (Lipinski definition) is 6. The van der Waals surface area contributed by atoms with Crippen molar-refractivity contribution in [2.45, 2.75) is 96.7 Å². The van der Waals surface area contributed by atoms with E-state index in [0.29, 0.717) is 34.5 Å². The normalized spacial score (nSPS) is 24.4. The minimum absolute atomic E-state index is 0.00746. The Morgan fingerprint density at radius 3 is 2.21 bits per heavy atom. The number of aliphatic imine (C=N–C) groups is 1. The van der Waals surface area contributed by atoms with Crippen molar-refractivity contribution >= 4 is 60.4 Å². The number of halogens is 2. The lowest BCUT2D eigenvalue weighted by Gasteiger charge is -2.37. The van der Waals surface area contributed by atoms with Crippen LogP contribution < -0.4 is 0 Å². The number of carbonyl (C=O) groups is 2. The Balaban J connectivity index is 1.49. The van der Waals surface area contributed by atoms with Gasteiger partial charge < -0.3 is 24.2 Å². The average Bonchev–Trinajstić information content (AvgIpc) is 3.67. The summed E-state index contributed by atoms with van der Waals surface area (Å²) < 4.78 is 6.48. The highest BCUT2D eigenvalue weighted by atomic mass is 35.5. The van der Waals surface area contributed by atoms with Crippen LogP contribution in [0, 0.1) is 5.92 Å². The standard InChI is InChI=1S/C36H48Cl2N4O4SSi/c1-10-40(27-19-28(41(20-27)34(44)45)21-46-48(8,9)35(4,5)6)32(43)30-29(22(2)3)42-31(23-11-15-25(37)16-12-23)36(7,39-33(42)47-30)24-13-17-26(38)18-14-24/h11-18,22,27-28,31H,10,19-21H2,1-9H3,(H,44,45)/t27-,28-,31+,36-/m0/s1. The van der Waals surface area contributed by atoms with E-state index in [1.165, 1.54) is 16.7 Å². The van der Waals surface area contributed by atoms with E-state index in [1.807, 2.05) is 60.4 Å². The second kappa shape index (κ2) is 13.7. The summed E-state index contributed by atoms with van der Waals surface area (Å²) in [6.45, 7) is 20.2. The molecule has 4 atom stereocenters. The van der Waals surface area contributed by atoms with Crippen LogP contribution in [0.1, 0.15) is 72.1 Å². The van der Waals surface area contributed by atoms with Crippen molar-refractivity contribution in [1.82, 2.24) is 14.7 Å². The highest BCUT2D eigenvalue weighted by molar-refractivity contribution is 8.18. The first-order chi connectivity index (χ1) is 22.4. The molecule has 0 saturated carbocycles. The summed E-state index contributed by atoms with van der Waals surface area (Å²) in [5.41, 5.74) is 2.31. The van der Waals surface area contributed by atoms with Crippen LogP contribution in [0.5, 0.6) is 0 Å². The van der Waals surface area contributed by atoms with Gasteiger partial charge in [-0.1, -0.05) is 82.1 Å². The number of allylic oxidation sites excluding steroid dienone is 1. The second-order valence-corrected chi connectivity index (χ2v) is 21.6. The predicted octanol–water partition coefficient (Wildman–Crippen LogP) is 9.23. The van der Waals surface area contributed by atoms with E-state index < -0.39 is 19.9 Å². The molecule has 5 rings (SSSR count). The Morgan fingerprint density at radius 2 is 1.69 bits per heavy atom. The van der Waals surface area contributed by atoms with E-state index in [9.17, 15) is 14.7 Å². The monoisotopic (exact) mass is 730 g/mol. The third-order valence-electron chi connectivity index (χ3n) is 10.5. The van der Waals surface area contributed by atoms with Gasteiger partial charge in [0.05, 0.1) is 24.7 Å². The predicted molar refractivity (Wildman–Crippen MR) is 199 cm³/mol. The Bertz CT molecular complexity index is 1610. The van der Waals surface area contributed by atoms with Gasteiger partial charge in [-0.25, -0.2) is 9.79 Å². The quantitative estimate of drug-likeness (QED) is 0.259. The fourth-order valence-corrected chi connectivity index (χ4v) is 9.45. The Morgan fingerprint density at radius 1 is 1.10 bits per heavy atom. The Labute approximate surface area is 300 Å². The van der Waals surface area contributed by atoms with E-state index in [0.717, 1.165) is 22.0 Å². The molecule has 12 heteroatoms. The van der Waals surface area contributed by atoms with Gasteiger partial charge in [0.2, 0.25) is 0 Å². The van der Waals surface area contributed by atoms with Crippen LogP contribution >= 0.6 is 35.0 Å². The van der Waals surface area contributed by atoms with Crippen molar-refractivity contribution in [2.75, 3.05) is 19.7 Å². The number of nitrogens with zero attached hydrogens (tertiary/aromatic N) is 4. The van der Waals surface area contributed by atoms with Crippen molar-refractivity contribution in [3.8, 4) is 0 Å². The summed E-state index contributed by atoms with van der Waals surface area (Å²) in [7, 11) is -2.09. The summed E-state index contributed by atoms with van der Waals surface area (Å²) in [5.74, 6) is -0.0808. The number of thioether (sulfide) groups is 1. The second-order valence-electron chi connectivity index (χ2n) is 15.0. The van der Waals surface area contributed by atoms with Crippen molar-refractivity contribution in [3.05, 3.63) is 80.3 Å². The van der Waals surface area contributed by atoms with Gasteiger partial charge in [0.15, 0.2) is 13.5 Å². The number of hydrogen-bond donors (Lipinski definition) is 1. The molecule has 0 unspecified atom stereocenters. The lowest BCUT2D eigenvalue weighted by molar-refractivity contribution is -0.128. The van der Waals surface area contributed by atoms with Crippen LogP contribution in [-0.4, -0.2) is 77.1 Å². The number of likely N-dealkylation sites (N-methyl/N-ethyl adjacent to an activating group) is 1. The van der Waals surface area contributed by atoms with Gasteiger partial charge in [-0.3, -0.25) is 4.79 Å². The van der Waals surface area contributed by atoms with E-state index in [1.54, 1.807) is 0 Å². The molecule has 0 spiro atoms. The highest BCUT2D eigenvalue weighted by Gasteiger charge is 2.54. The van der Waals surface area contributed by atoms with Crippen LogP contribution in [0.4, 0.5) is 4.79 Å². The molecule has 2 amide bonds. The van der Waals surface area contributed by atoms with E-state index in [2.05, 4.69) is 59.5 Å². The number of amidine groups is 1. The van der Waals surface area contributed by atoms with Crippen LogP contribution in [0.3, 0.4) is 0 Å². The van der Waals surface area contributed by atoms with Gasteiger partial charge >= 0.3 is 6.09 Å². The molecule has 8 nitrogen and oxygen atoms in total. The minimum atomic E-state index is -2.09. The molecule has 48 heavy (non-hydrogen) atoms. The summed E-state index contributed by atoms with van der Waals surface area (Å²) in [5, 5.41) is 12.2. The van der Waals surface area contributed by atoms with E-state index in [4.69, 9.17) is 32.6 Å². The number of fused-ring (bicyclic) bond motifs is 1. The molecule has 3 aliphatic heterocycles. The van der Waals surface area contributed by atoms with Gasteiger partial charge in [0.25, 0.3) is 5.91 Å². The van der Waals surface area contributed by atoms with Gasteiger partial charge in [-0.15, -0.1) is 0 Å². The molecular formula is C36H48Cl2N4O4SSi. The molecular weight excluding hydrogens is 683 g/mol. The molecule has 260 valence electrons. The maximum Gasteiger partial charge on any atom is 0.407 e. The number of rotatable bonds is 9. The molecule has 2 aromatic rings. The first kappa shape index (κ1) is 36.8. The first-order valence-corrected chi connectivity index (χ1v) is 21.1. The number of benzene rings is 2. The molecule has 1 saturated heterocycles. The van der Waals surface area contributed by atoms with Crippen molar-refractivity contribution < 1.29 is 19.1 Å². The first-order valence-electron chi connectivity index (χ1n) is 16.7. The third-order valence-corrected chi connectivity index (χ3v) is 16.6. The zero-order chi connectivity index (χ0) is 35.3. The Kier molecular flexibility index (Phi) is 10.5. The van der Waals surface area contributed by atoms with Crippen LogP contribution in [0.25, 0.3) is 0 Å². The average molecular weight is 732 g/mol. The van der Waals surface area contributed by atoms with E-state index in [-0.39, 0.29) is 41.5 Å². The SMILES string of the molecule is CCN(C(=O)C1=C(C(C)C)N2C(=N[C@@](C)(c3ccc(Cl)cc3)[C@H]2c2ccc(Cl)cc2)S1)[C@H]1C[C@@H](CO[Si](C)(C)C(C)(C)C)N(C(=O)O)C1. The third kappa shape index (κ3) is 6.80. The van der Waals surface area contributed by atoms with Gasteiger partial charge in [-0.05, 0) is 91.5 Å². The Hall–Kier alpha value is -2.50. The van der Waals surface area contributed by atoms with Gasteiger partial charge in [-0.2, -0.15) is 0 Å².